The van der Waals surface area contributed by atoms with Crippen molar-refractivity contribution >= 4 is 33.8 Å². The van der Waals surface area contributed by atoms with Crippen LogP contribution in [0.15, 0.2) is 10.9 Å². The highest BCUT2D eigenvalue weighted by Crippen LogP contribution is 2.21. The lowest BCUT2D eigenvalue weighted by Crippen LogP contribution is -2.23. The Hall–Kier alpha value is -0.980. The van der Waals surface area contributed by atoms with E-state index in [2.05, 4.69) is 4.98 Å². The molecule has 0 spiro atoms. The summed E-state index contributed by atoms with van der Waals surface area (Å²) in [5.74, 6) is 0. The Balaban J connectivity index is 2.76. The van der Waals surface area contributed by atoms with E-state index in [0.29, 0.717) is 10.2 Å². The Bertz CT molecular complexity index is 624. The molecule has 6 heteroatoms. The van der Waals surface area contributed by atoms with Crippen molar-refractivity contribution in [3.63, 3.8) is 0 Å². The Morgan fingerprint density at radius 3 is 3.00 bits per heavy atom. The van der Waals surface area contributed by atoms with Crippen molar-refractivity contribution in [1.29, 1.82) is 0 Å². The highest BCUT2D eigenvalue weighted by molar-refractivity contribution is 7.71. The molecule has 0 aromatic carbocycles. The number of H-pyrrole nitrogens is 1. The number of fused-ring (bicyclic) bond motifs is 1. The minimum atomic E-state index is -0.122. The second-order valence-corrected chi connectivity index (χ2v) is 4.94. The van der Waals surface area contributed by atoms with E-state index < -0.39 is 0 Å². The zero-order valence-corrected chi connectivity index (χ0v) is 10.5. The molecule has 0 bridgehead atoms. The number of hydrogen-bond donors (Lipinski definition) is 2. The number of nitrogens with zero attached hydrogens (tertiary/aromatic N) is 1. The number of aromatic amines is 1. The van der Waals surface area contributed by atoms with E-state index in [4.69, 9.17) is 17.3 Å². The predicted molar refractivity (Wildman–Crippen MR) is 67.7 cm³/mol. The van der Waals surface area contributed by atoms with E-state index in [9.17, 15) is 4.79 Å². The Kier molecular flexibility index (Phi) is 3.22. The monoisotopic (exact) mass is 256 g/mol. The minimum absolute atomic E-state index is 0.0896. The SMILES string of the molecule is CCc1cc2c(=O)n(CCO)c(=S)[nH]c2s1. The van der Waals surface area contributed by atoms with Crippen molar-refractivity contribution in [2.24, 2.45) is 0 Å². The molecule has 0 unspecified atom stereocenters. The first-order valence-electron chi connectivity index (χ1n) is 5.03. The maximum Gasteiger partial charge on any atom is 0.263 e. The number of aliphatic hydroxyl groups excluding tert-OH is 1. The largest absolute Gasteiger partial charge is 0.395 e. The molecule has 0 aliphatic rings. The molecule has 2 N–H and O–H groups in total. The molecule has 0 aliphatic heterocycles. The molecule has 2 aromatic rings. The normalized spacial score (nSPS) is 11.1. The Labute approximate surface area is 101 Å². The van der Waals surface area contributed by atoms with E-state index in [1.807, 2.05) is 13.0 Å². The zero-order chi connectivity index (χ0) is 11.7. The molecule has 2 rings (SSSR count). The molecule has 0 amide bonds. The van der Waals surface area contributed by atoms with Crippen molar-refractivity contribution in [2.75, 3.05) is 6.61 Å². The molecule has 0 atom stereocenters. The number of aromatic nitrogens is 2. The summed E-state index contributed by atoms with van der Waals surface area (Å²) < 4.78 is 1.76. The zero-order valence-electron chi connectivity index (χ0n) is 8.82. The van der Waals surface area contributed by atoms with Gasteiger partial charge in [0, 0.05) is 4.88 Å². The fraction of sp³-hybridized carbons (Fsp3) is 0.400. The van der Waals surface area contributed by atoms with Crippen molar-refractivity contribution in [3.8, 4) is 0 Å². The topological polar surface area (TPSA) is 58.0 Å². The quantitative estimate of drug-likeness (QED) is 0.821. The van der Waals surface area contributed by atoms with E-state index >= 15 is 0 Å². The fourth-order valence-electron chi connectivity index (χ4n) is 1.57. The van der Waals surface area contributed by atoms with Crippen molar-refractivity contribution in [3.05, 3.63) is 26.1 Å². The van der Waals surface area contributed by atoms with Gasteiger partial charge in [0.1, 0.15) is 4.83 Å². The van der Waals surface area contributed by atoms with Crippen molar-refractivity contribution in [1.82, 2.24) is 9.55 Å². The molecule has 0 saturated heterocycles. The van der Waals surface area contributed by atoms with Crippen LogP contribution in [0.25, 0.3) is 10.2 Å². The van der Waals surface area contributed by atoms with Gasteiger partial charge in [-0.15, -0.1) is 11.3 Å². The summed E-state index contributed by atoms with van der Waals surface area (Å²) in [6, 6.07) is 1.89. The summed E-state index contributed by atoms with van der Waals surface area (Å²) in [5.41, 5.74) is -0.122. The van der Waals surface area contributed by atoms with Gasteiger partial charge in [0.15, 0.2) is 4.77 Å². The van der Waals surface area contributed by atoms with Gasteiger partial charge in [0.25, 0.3) is 5.56 Å². The smallest absolute Gasteiger partial charge is 0.263 e. The van der Waals surface area contributed by atoms with Gasteiger partial charge < -0.3 is 10.1 Å². The Morgan fingerprint density at radius 1 is 1.62 bits per heavy atom. The van der Waals surface area contributed by atoms with Gasteiger partial charge in [0.05, 0.1) is 18.5 Å². The Morgan fingerprint density at radius 2 is 2.38 bits per heavy atom. The number of thiophene rings is 1. The van der Waals surface area contributed by atoms with Crippen LogP contribution in [0.4, 0.5) is 0 Å². The highest BCUT2D eigenvalue weighted by Gasteiger charge is 2.08. The van der Waals surface area contributed by atoms with Gasteiger partial charge in [0.2, 0.25) is 0 Å². The first-order chi connectivity index (χ1) is 7.67. The summed E-state index contributed by atoms with van der Waals surface area (Å²) in [7, 11) is 0. The fourth-order valence-corrected chi connectivity index (χ4v) is 2.90. The lowest BCUT2D eigenvalue weighted by Gasteiger charge is -2.02. The number of hydrogen-bond acceptors (Lipinski definition) is 4. The molecule has 0 saturated carbocycles. The van der Waals surface area contributed by atoms with E-state index in [1.165, 1.54) is 4.57 Å². The third-order valence-electron chi connectivity index (χ3n) is 2.40. The molecule has 2 heterocycles. The molecule has 2 aromatic heterocycles. The van der Waals surface area contributed by atoms with E-state index in [-0.39, 0.29) is 18.7 Å². The van der Waals surface area contributed by atoms with Crippen LogP contribution in [-0.2, 0) is 13.0 Å². The van der Waals surface area contributed by atoms with E-state index in [0.717, 1.165) is 16.1 Å². The van der Waals surface area contributed by atoms with Crippen LogP contribution < -0.4 is 5.56 Å². The number of nitrogens with one attached hydrogen (secondary N) is 1. The standard InChI is InChI=1S/C10H12N2O2S2/c1-2-6-5-7-8(16-6)11-10(15)12(3-4-13)9(7)14/h5,13H,2-4H2,1H3,(H,11,15). The van der Waals surface area contributed by atoms with Gasteiger partial charge in [-0.1, -0.05) is 6.92 Å². The third-order valence-corrected chi connectivity index (χ3v) is 3.91. The molecular formula is C10H12N2O2S2. The minimum Gasteiger partial charge on any atom is -0.395 e. The van der Waals surface area contributed by atoms with Gasteiger partial charge in [-0.25, -0.2) is 0 Å². The summed E-state index contributed by atoms with van der Waals surface area (Å²) >= 11 is 6.64. The molecule has 86 valence electrons. The average Bonchev–Trinajstić information content (AvgIpc) is 2.67. The molecule has 0 radical (unpaired) electrons. The number of aryl methyl sites for hydroxylation is 1. The highest BCUT2D eigenvalue weighted by atomic mass is 32.1. The lowest BCUT2D eigenvalue weighted by molar-refractivity contribution is 0.273. The maximum absolute atomic E-state index is 12.0. The first-order valence-corrected chi connectivity index (χ1v) is 6.26. The summed E-state index contributed by atoms with van der Waals surface area (Å²) in [6.07, 6.45) is 0.902. The number of rotatable bonds is 3. The van der Waals surface area contributed by atoms with Crippen LogP contribution in [0.2, 0.25) is 0 Å². The van der Waals surface area contributed by atoms with Crippen molar-refractivity contribution in [2.45, 2.75) is 19.9 Å². The lowest BCUT2D eigenvalue weighted by atomic mass is 10.3. The van der Waals surface area contributed by atoms with Gasteiger partial charge in [-0.3, -0.25) is 9.36 Å². The average molecular weight is 256 g/mol. The van der Waals surface area contributed by atoms with Crippen LogP contribution in [0, 0.1) is 4.77 Å². The van der Waals surface area contributed by atoms with Gasteiger partial charge in [-0.2, -0.15) is 0 Å². The van der Waals surface area contributed by atoms with E-state index in [1.54, 1.807) is 11.3 Å². The third kappa shape index (κ3) is 1.83. The summed E-state index contributed by atoms with van der Waals surface area (Å²) in [6.45, 7) is 2.20. The predicted octanol–water partition coefficient (Wildman–Crippen LogP) is 1.68. The van der Waals surface area contributed by atoms with Gasteiger partial charge in [-0.05, 0) is 24.7 Å². The second kappa shape index (κ2) is 4.48. The summed E-state index contributed by atoms with van der Waals surface area (Å²) in [5, 5.41) is 9.53. The van der Waals surface area contributed by atoms with Crippen molar-refractivity contribution < 1.29 is 5.11 Å². The molecule has 0 aliphatic carbocycles. The number of aliphatic hydroxyl groups is 1. The molecule has 4 nitrogen and oxygen atoms in total. The first kappa shape index (κ1) is 11.5. The molecule has 0 fully saturated rings. The van der Waals surface area contributed by atoms with Gasteiger partial charge >= 0.3 is 0 Å². The van der Waals surface area contributed by atoms with Crippen LogP contribution in [0.1, 0.15) is 11.8 Å². The van der Waals surface area contributed by atoms with Crippen LogP contribution in [0.5, 0.6) is 0 Å². The maximum atomic E-state index is 12.0. The molecular weight excluding hydrogens is 244 g/mol. The van der Waals surface area contributed by atoms with Crippen LogP contribution in [-0.4, -0.2) is 21.3 Å². The summed E-state index contributed by atoms with van der Waals surface area (Å²) in [4.78, 5) is 17.0. The van der Waals surface area contributed by atoms with Crippen LogP contribution in [0.3, 0.4) is 0 Å². The second-order valence-electron chi connectivity index (χ2n) is 3.42. The van der Waals surface area contributed by atoms with Crippen LogP contribution >= 0.6 is 23.6 Å². The molecule has 16 heavy (non-hydrogen) atoms.